The molecule has 0 saturated carbocycles. The van der Waals surface area contributed by atoms with Crippen molar-refractivity contribution in [1.29, 1.82) is 0 Å². The van der Waals surface area contributed by atoms with Crippen molar-refractivity contribution in [3.05, 3.63) is 70.5 Å². The van der Waals surface area contributed by atoms with Gasteiger partial charge in [0.15, 0.2) is 11.6 Å². The van der Waals surface area contributed by atoms with E-state index in [1.54, 1.807) is 24.3 Å². The molecule has 1 fully saturated rings. The van der Waals surface area contributed by atoms with Crippen LogP contribution < -0.4 is 10.3 Å². The normalized spacial score (nSPS) is 16.6. The van der Waals surface area contributed by atoms with Gasteiger partial charge in [-0.1, -0.05) is 24.3 Å². The number of para-hydroxylation sites is 2. The van der Waals surface area contributed by atoms with Crippen molar-refractivity contribution in [2.75, 3.05) is 39.3 Å². The third-order valence-electron chi connectivity index (χ3n) is 5.24. The van der Waals surface area contributed by atoms with E-state index in [1.807, 2.05) is 18.2 Å². The second-order valence-electron chi connectivity index (χ2n) is 7.50. The molecular formula is C22H25FN4O3. The highest BCUT2D eigenvalue weighted by Gasteiger charge is 2.20. The number of β-amino-alcohol motifs (C(OH)–C–C–N with tert-alkyl or cyclic N) is 1. The molecule has 7 nitrogen and oxygen atoms in total. The molecule has 0 amide bonds. The Morgan fingerprint density at radius 3 is 2.57 bits per heavy atom. The number of ether oxygens (including phenoxy) is 1. The lowest BCUT2D eigenvalue weighted by Gasteiger charge is -2.35. The van der Waals surface area contributed by atoms with Gasteiger partial charge in [-0.2, -0.15) is 0 Å². The summed E-state index contributed by atoms with van der Waals surface area (Å²) in [6, 6.07) is 13.5. The number of halogens is 1. The molecule has 30 heavy (non-hydrogen) atoms. The summed E-state index contributed by atoms with van der Waals surface area (Å²) >= 11 is 0. The molecule has 0 aliphatic carbocycles. The van der Waals surface area contributed by atoms with Gasteiger partial charge in [-0.3, -0.25) is 14.6 Å². The Labute approximate surface area is 173 Å². The number of piperazine rings is 1. The lowest BCUT2D eigenvalue weighted by molar-refractivity contribution is 0.0433. The summed E-state index contributed by atoms with van der Waals surface area (Å²) in [5.41, 5.74) is 0.583. The van der Waals surface area contributed by atoms with Crippen molar-refractivity contribution >= 4 is 10.9 Å². The molecule has 1 atom stereocenters. The molecule has 0 spiro atoms. The van der Waals surface area contributed by atoms with Gasteiger partial charge in [-0.25, -0.2) is 9.37 Å². The Kier molecular flexibility index (Phi) is 6.37. The molecule has 2 heterocycles. The number of aliphatic hydroxyl groups excluding tert-OH is 1. The minimum Gasteiger partial charge on any atom is -0.488 e. The molecule has 0 radical (unpaired) electrons. The van der Waals surface area contributed by atoms with Gasteiger partial charge in [-0.05, 0) is 24.3 Å². The van der Waals surface area contributed by atoms with E-state index >= 15 is 0 Å². The highest BCUT2D eigenvalue weighted by atomic mass is 19.1. The third-order valence-corrected chi connectivity index (χ3v) is 5.24. The number of hydrogen-bond donors (Lipinski definition) is 2. The quantitative estimate of drug-likeness (QED) is 0.614. The molecule has 4 rings (SSSR count). The number of aromatic nitrogens is 2. The zero-order valence-electron chi connectivity index (χ0n) is 16.6. The first-order valence-electron chi connectivity index (χ1n) is 10.1. The maximum atomic E-state index is 13.6. The van der Waals surface area contributed by atoms with Gasteiger partial charge in [-0.15, -0.1) is 0 Å². The van der Waals surface area contributed by atoms with Crippen LogP contribution in [0.5, 0.6) is 5.75 Å². The lowest BCUT2D eigenvalue weighted by Crippen LogP contribution is -2.49. The number of rotatable bonds is 7. The highest BCUT2D eigenvalue weighted by Crippen LogP contribution is 2.16. The zero-order valence-corrected chi connectivity index (χ0v) is 16.6. The minimum atomic E-state index is -0.699. The van der Waals surface area contributed by atoms with Crippen LogP contribution in [-0.4, -0.2) is 70.3 Å². The predicted molar refractivity (Wildman–Crippen MR) is 112 cm³/mol. The minimum absolute atomic E-state index is 0.0450. The molecule has 2 N–H and O–H groups in total. The Morgan fingerprint density at radius 2 is 1.77 bits per heavy atom. The van der Waals surface area contributed by atoms with Crippen LogP contribution in [0.25, 0.3) is 10.9 Å². The molecule has 3 aromatic rings. The molecule has 0 bridgehead atoms. The number of nitrogens with zero attached hydrogens (tertiary/aromatic N) is 3. The first-order valence-corrected chi connectivity index (χ1v) is 10.1. The fourth-order valence-corrected chi connectivity index (χ4v) is 3.65. The fraction of sp³-hybridized carbons (Fsp3) is 0.364. The topological polar surface area (TPSA) is 81.7 Å². The first kappa shape index (κ1) is 20.5. The Morgan fingerprint density at radius 1 is 1.07 bits per heavy atom. The molecule has 1 saturated heterocycles. The molecular weight excluding hydrogens is 387 g/mol. The van der Waals surface area contributed by atoms with Crippen molar-refractivity contribution in [3.63, 3.8) is 0 Å². The summed E-state index contributed by atoms with van der Waals surface area (Å²) in [7, 11) is 0. The summed E-state index contributed by atoms with van der Waals surface area (Å²) < 4.78 is 19.0. The molecule has 1 aliphatic heterocycles. The van der Waals surface area contributed by atoms with E-state index in [-0.39, 0.29) is 17.9 Å². The largest absolute Gasteiger partial charge is 0.488 e. The number of fused-ring (bicyclic) bond motifs is 1. The van der Waals surface area contributed by atoms with Crippen LogP contribution in [-0.2, 0) is 6.54 Å². The zero-order chi connectivity index (χ0) is 20.9. The van der Waals surface area contributed by atoms with Gasteiger partial charge in [0.1, 0.15) is 18.5 Å². The molecule has 1 aliphatic rings. The molecule has 158 valence electrons. The second-order valence-corrected chi connectivity index (χ2v) is 7.50. The number of aromatic amines is 1. The Balaban J connectivity index is 1.25. The van der Waals surface area contributed by atoms with Gasteiger partial charge in [0.05, 0.1) is 17.4 Å². The Bertz CT molecular complexity index is 1050. The summed E-state index contributed by atoms with van der Waals surface area (Å²) in [5.74, 6) is 0.377. The van der Waals surface area contributed by atoms with Gasteiger partial charge in [0.25, 0.3) is 5.56 Å². The van der Waals surface area contributed by atoms with Crippen LogP contribution in [0.2, 0.25) is 0 Å². The van der Waals surface area contributed by atoms with Crippen molar-refractivity contribution < 1.29 is 14.2 Å². The van der Waals surface area contributed by atoms with Crippen molar-refractivity contribution in [2.24, 2.45) is 0 Å². The number of nitrogens with one attached hydrogen (secondary N) is 1. The molecule has 1 unspecified atom stereocenters. The van der Waals surface area contributed by atoms with E-state index in [4.69, 9.17) is 4.74 Å². The highest BCUT2D eigenvalue weighted by molar-refractivity contribution is 5.77. The number of benzene rings is 2. The van der Waals surface area contributed by atoms with E-state index in [1.165, 1.54) is 6.07 Å². The van der Waals surface area contributed by atoms with Crippen LogP contribution in [0.3, 0.4) is 0 Å². The van der Waals surface area contributed by atoms with Gasteiger partial charge < -0.3 is 14.8 Å². The summed E-state index contributed by atoms with van der Waals surface area (Å²) in [6.07, 6.45) is -0.699. The summed E-state index contributed by atoms with van der Waals surface area (Å²) in [5, 5.41) is 10.8. The van der Waals surface area contributed by atoms with Crippen LogP contribution in [0.15, 0.2) is 53.3 Å². The monoisotopic (exact) mass is 412 g/mol. The average Bonchev–Trinajstić information content (AvgIpc) is 2.75. The molecule has 2 aromatic carbocycles. The molecule has 1 aromatic heterocycles. The van der Waals surface area contributed by atoms with E-state index in [0.717, 1.165) is 26.2 Å². The number of H-pyrrole nitrogens is 1. The average molecular weight is 412 g/mol. The van der Waals surface area contributed by atoms with Gasteiger partial charge in [0, 0.05) is 32.7 Å². The summed E-state index contributed by atoms with van der Waals surface area (Å²) in [4.78, 5) is 24.0. The smallest absolute Gasteiger partial charge is 0.258 e. The van der Waals surface area contributed by atoms with E-state index in [0.29, 0.717) is 29.8 Å². The van der Waals surface area contributed by atoms with Crippen LogP contribution >= 0.6 is 0 Å². The van der Waals surface area contributed by atoms with E-state index in [2.05, 4.69) is 19.8 Å². The SMILES string of the molecule is O=c1[nH]c(CN2CCN(CC(O)COc3ccccc3F)CC2)nc2ccccc12. The van der Waals surface area contributed by atoms with Crippen molar-refractivity contribution in [1.82, 2.24) is 19.8 Å². The van der Waals surface area contributed by atoms with Crippen molar-refractivity contribution in [2.45, 2.75) is 12.6 Å². The lowest BCUT2D eigenvalue weighted by atomic mass is 10.2. The number of hydrogen-bond acceptors (Lipinski definition) is 6. The third kappa shape index (κ3) is 5.02. The van der Waals surface area contributed by atoms with Crippen LogP contribution in [0.1, 0.15) is 5.82 Å². The Hall–Kier alpha value is -2.81. The summed E-state index contributed by atoms with van der Waals surface area (Å²) in [6.45, 7) is 4.27. The van der Waals surface area contributed by atoms with Gasteiger partial charge in [0.2, 0.25) is 0 Å². The molecule has 8 heteroatoms. The first-order chi connectivity index (χ1) is 14.6. The van der Waals surface area contributed by atoms with E-state index in [9.17, 15) is 14.3 Å². The number of aliphatic hydroxyl groups is 1. The maximum absolute atomic E-state index is 13.6. The van der Waals surface area contributed by atoms with Gasteiger partial charge >= 0.3 is 0 Å². The van der Waals surface area contributed by atoms with E-state index < -0.39 is 11.9 Å². The van der Waals surface area contributed by atoms with Crippen LogP contribution in [0, 0.1) is 5.82 Å². The van der Waals surface area contributed by atoms with Crippen LogP contribution in [0.4, 0.5) is 4.39 Å². The standard InChI is InChI=1S/C22H25FN4O3/c23-18-6-2-4-8-20(18)30-15-16(28)13-26-9-11-27(12-10-26)14-21-24-19-7-3-1-5-17(19)22(29)25-21/h1-8,16,28H,9-15H2,(H,24,25,29). The predicted octanol–water partition coefficient (Wildman–Crippen LogP) is 1.62. The fourth-order valence-electron chi connectivity index (χ4n) is 3.65. The second kappa shape index (κ2) is 9.34. The van der Waals surface area contributed by atoms with Crippen molar-refractivity contribution in [3.8, 4) is 5.75 Å². The maximum Gasteiger partial charge on any atom is 0.258 e.